The maximum Gasteiger partial charge on any atom is 0.472 e. The molecule has 0 aliphatic rings. The van der Waals surface area contributed by atoms with E-state index in [4.69, 9.17) is 9.05 Å². The first kappa shape index (κ1) is 65.9. The standard InChI is InChI=1S/C60H103N2O6P/c1-6-8-10-12-14-16-18-20-22-24-26-28-29-30-31-32-33-34-36-38-40-42-44-46-48-50-52-54-60(64)61-58(57-68-69(65,66)67-56-55-62(3,4)5)59(63)53-51-49-47-45-43-41-39-37-35-27-25-23-21-19-17-15-13-11-9-7-2/h8,10,14,16,20,22,26,28,30-31,33-35,37-38,40,43,45,51,53,58-59,63H,6-7,9,11-13,15,17-19,21,23-25,27,29,32,36,39,41-42,44,46-50,52,54-57H2,1-5H3,(H-,61,64,65,66)/p+1/b10-8-,16-14-,22-20-,28-26-,31-30-,34-33-,37-35+,40-38-,45-43+,53-51+. The lowest BCUT2D eigenvalue weighted by molar-refractivity contribution is -0.870. The van der Waals surface area contributed by atoms with E-state index in [1.807, 2.05) is 27.2 Å². The molecule has 394 valence electrons. The predicted molar refractivity (Wildman–Crippen MR) is 299 cm³/mol. The molecule has 0 bridgehead atoms. The number of aliphatic hydroxyl groups is 1. The molecule has 0 heterocycles. The van der Waals surface area contributed by atoms with E-state index in [1.54, 1.807) is 6.08 Å². The number of hydrogen-bond acceptors (Lipinski definition) is 5. The summed E-state index contributed by atoms with van der Waals surface area (Å²) in [5.74, 6) is -0.215. The zero-order chi connectivity index (χ0) is 50.6. The van der Waals surface area contributed by atoms with Crippen molar-refractivity contribution in [3.05, 3.63) is 122 Å². The Bertz CT molecular complexity index is 1530. The summed E-state index contributed by atoms with van der Waals surface area (Å²) in [6.07, 6.45) is 74.3. The van der Waals surface area contributed by atoms with Crippen LogP contribution in [0.1, 0.15) is 200 Å². The molecule has 69 heavy (non-hydrogen) atoms. The molecule has 3 unspecified atom stereocenters. The van der Waals surface area contributed by atoms with Crippen LogP contribution in [-0.2, 0) is 18.4 Å². The molecule has 0 rings (SSSR count). The lowest BCUT2D eigenvalue weighted by Gasteiger charge is -2.25. The largest absolute Gasteiger partial charge is 0.472 e. The Morgan fingerprint density at radius 2 is 0.884 bits per heavy atom. The number of allylic oxidation sites excluding steroid dienone is 19. The van der Waals surface area contributed by atoms with Crippen LogP contribution in [0.4, 0.5) is 0 Å². The molecule has 0 aliphatic heterocycles. The highest BCUT2D eigenvalue weighted by Crippen LogP contribution is 2.43. The molecule has 0 spiro atoms. The molecule has 9 heteroatoms. The van der Waals surface area contributed by atoms with Crippen LogP contribution in [-0.4, -0.2) is 73.4 Å². The van der Waals surface area contributed by atoms with E-state index in [-0.39, 0.29) is 19.1 Å². The zero-order valence-electron chi connectivity index (χ0n) is 44.8. The minimum Gasteiger partial charge on any atom is -0.387 e. The van der Waals surface area contributed by atoms with Crippen LogP contribution in [0.3, 0.4) is 0 Å². The topological polar surface area (TPSA) is 105 Å². The van der Waals surface area contributed by atoms with Crippen LogP contribution in [0.15, 0.2) is 122 Å². The van der Waals surface area contributed by atoms with Crippen LogP contribution in [0.25, 0.3) is 0 Å². The fourth-order valence-electron chi connectivity index (χ4n) is 7.11. The molecular formula is C60H104N2O6P+. The number of unbranched alkanes of at least 4 members (excludes halogenated alkanes) is 17. The maximum atomic E-state index is 13.0. The number of carbonyl (C=O) groups is 1. The van der Waals surface area contributed by atoms with E-state index in [0.717, 1.165) is 109 Å². The molecule has 0 saturated carbocycles. The number of hydrogen-bond donors (Lipinski definition) is 3. The molecule has 0 aromatic rings. The van der Waals surface area contributed by atoms with Gasteiger partial charge >= 0.3 is 7.82 Å². The summed E-state index contributed by atoms with van der Waals surface area (Å²) in [4.78, 5) is 23.3. The van der Waals surface area contributed by atoms with Crippen molar-refractivity contribution >= 4 is 13.7 Å². The Labute approximate surface area is 424 Å². The third-order valence-corrected chi connectivity index (χ3v) is 12.4. The van der Waals surface area contributed by atoms with Gasteiger partial charge < -0.3 is 19.8 Å². The van der Waals surface area contributed by atoms with E-state index in [1.165, 1.54) is 70.6 Å². The summed E-state index contributed by atoms with van der Waals surface area (Å²) in [6.45, 7) is 4.64. The number of phosphoric acid groups is 1. The van der Waals surface area contributed by atoms with E-state index in [2.05, 4.69) is 129 Å². The number of nitrogens with one attached hydrogen (secondary N) is 1. The monoisotopic (exact) mass is 980 g/mol. The van der Waals surface area contributed by atoms with Gasteiger partial charge in [-0.05, 0) is 103 Å². The van der Waals surface area contributed by atoms with Crippen LogP contribution in [0, 0.1) is 0 Å². The zero-order valence-corrected chi connectivity index (χ0v) is 45.6. The number of amides is 1. The Kier molecular flexibility index (Phi) is 47.6. The lowest BCUT2D eigenvalue weighted by atomic mass is 10.1. The van der Waals surface area contributed by atoms with Gasteiger partial charge in [0.25, 0.3) is 0 Å². The van der Waals surface area contributed by atoms with Gasteiger partial charge in [0.2, 0.25) is 5.91 Å². The van der Waals surface area contributed by atoms with Crippen molar-refractivity contribution in [2.75, 3.05) is 40.9 Å². The minimum atomic E-state index is -4.37. The normalized spacial score (nSPS) is 14.9. The molecule has 0 aromatic heterocycles. The van der Waals surface area contributed by atoms with Gasteiger partial charge in [-0.2, -0.15) is 0 Å². The highest BCUT2D eigenvalue weighted by molar-refractivity contribution is 7.47. The molecule has 0 radical (unpaired) electrons. The Morgan fingerprint density at radius 3 is 1.33 bits per heavy atom. The average molecular weight is 980 g/mol. The Balaban J connectivity index is 4.42. The second-order valence-corrected chi connectivity index (χ2v) is 20.7. The maximum absolute atomic E-state index is 13.0. The van der Waals surface area contributed by atoms with Gasteiger partial charge in [0.05, 0.1) is 39.9 Å². The van der Waals surface area contributed by atoms with E-state index in [9.17, 15) is 19.4 Å². The number of carbonyl (C=O) groups excluding carboxylic acids is 1. The second-order valence-electron chi connectivity index (χ2n) is 19.2. The highest BCUT2D eigenvalue weighted by atomic mass is 31.2. The molecule has 3 N–H and O–H groups in total. The first-order valence-electron chi connectivity index (χ1n) is 27.4. The summed E-state index contributed by atoms with van der Waals surface area (Å²) in [5.41, 5.74) is 0. The molecule has 0 aliphatic carbocycles. The Morgan fingerprint density at radius 1 is 0.507 bits per heavy atom. The molecule has 0 fully saturated rings. The van der Waals surface area contributed by atoms with Gasteiger partial charge in [0, 0.05) is 6.42 Å². The fourth-order valence-corrected chi connectivity index (χ4v) is 7.85. The SMILES string of the molecule is CC/C=C\C/C=C\C/C=C\C/C=C\C/C=C\C/C=C\C/C=C\CCCCCCCC(=O)NC(COP(=O)(O)OCC[N+](C)(C)C)C(O)/C=C/CC/C=C/CC/C=C/CCCCCCCCCCCC. The third-order valence-electron chi connectivity index (χ3n) is 11.4. The lowest BCUT2D eigenvalue weighted by Crippen LogP contribution is -2.45. The summed E-state index contributed by atoms with van der Waals surface area (Å²) in [5, 5.41) is 13.9. The predicted octanol–water partition coefficient (Wildman–Crippen LogP) is 16.6. The van der Waals surface area contributed by atoms with Crippen LogP contribution >= 0.6 is 7.82 Å². The summed E-state index contributed by atoms with van der Waals surface area (Å²) in [6, 6.07) is -0.890. The van der Waals surface area contributed by atoms with Gasteiger partial charge in [0.1, 0.15) is 13.2 Å². The summed E-state index contributed by atoms with van der Waals surface area (Å²) in [7, 11) is 1.51. The third kappa shape index (κ3) is 52.6. The molecule has 0 aromatic carbocycles. The van der Waals surface area contributed by atoms with Crippen molar-refractivity contribution in [2.45, 2.75) is 212 Å². The van der Waals surface area contributed by atoms with E-state index >= 15 is 0 Å². The van der Waals surface area contributed by atoms with Gasteiger partial charge in [0.15, 0.2) is 0 Å². The van der Waals surface area contributed by atoms with Crippen LogP contribution in [0.2, 0.25) is 0 Å². The minimum absolute atomic E-state index is 0.0422. The van der Waals surface area contributed by atoms with Gasteiger partial charge in [-0.3, -0.25) is 13.8 Å². The molecule has 1 amide bonds. The van der Waals surface area contributed by atoms with Gasteiger partial charge in [-0.25, -0.2) is 4.57 Å². The molecule has 8 nitrogen and oxygen atoms in total. The van der Waals surface area contributed by atoms with Crippen LogP contribution in [0.5, 0.6) is 0 Å². The van der Waals surface area contributed by atoms with Gasteiger partial charge in [-0.1, -0.05) is 212 Å². The molecular weight excluding hydrogens is 876 g/mol. The van der Waals surface area contributed by atoms with Crippen molar-refractivity contribution < 1.29 is 32.9 Å². The smallest absolute Gasteiger partial charge is 0.387 e. The summed E-state index contributed by atoms with van der Waals surface area (Å²) < 4.78 is 23.6. The quantitative estimate of drug-likeness (QED) is 0.0243. The van der Waals surface area contributed by atoms with E-state index < -0.39 is 20.0 Å². The first-order valence-corrected chi connectivity index (χ1v) is 28.9. The van der Waals surface area contributed by atoms with Gasteiger partial charge in [-0.15, -0.1) is 0 Å². The van der Waals surface area contributed by atoms with Crippen molar-refractivity contribution in [1.82, 2.24) is 5.32 Å². The molecule has 0 saturated heterocycles. The molecule has 3 atom stereocenters. The highest BCUT2D eigenvalue weighted by Gasteiger charge is 2.27. The average Bonchev–Trinajstić information content (AvgIpc) is 3.31. The van der Waals surface area contributed by atoms with Crippen molar-refractivity contribution in [3.63, 3.8) is 0 Å². The van der Waals surface area contributed by atoms with Crippen molar-refractivity contribution in [3.8, 4) is 0 Å². The number of rotatable bonds is 48. The number of aliphatic hydroxyl groups excluding tert-OH is 1. The number of likely N-dealkylation sites (N-methyl/N-ethyl adjacent to an activating group) is 1. The van der Waals surface area contributed by atoms with Crippen molar-refractivity contribution in [1.29, 1.82) is 0 Å². The van der Waals surface area contributed by atoms with E-state index in [0.29, 0.717) is 17.4 Å². The summed E-state index contributed by atoms with van der Waals surface area (Å²) >= 11 is 0. The first-order chi connectivity index (χ1) is 33.5. The number of quaternary nitrogens is 1. The number of nitrogens with zero attached hydrogens (tertiary/aromatic N) is 1. The number of phosphoric ester groups is 1. The fraction of sp³-hybridized carbons (Fsp3) is 0.650. The van der Waals surface area contributed by atoms with Crippen molar-refractivity contribution in [2.24, 2.45) is 0 Å². The van der Waals surface area contributed by atoms with Crippen LogP contribution < -0.4 is 5.32 Å². The second kappa shape index (κ2) is 49.9. The Hall–Kier alpha value is -3.10.